The van der Waals surface area contributed by atoms with Crippen LogP contribution in [0.3, 0.4) is 0 Å². The number of pyridine rings is 1. The Morgan fingerprint density at radius 3 is 2.69 bits per heavy atom. The second kappa shape index (κ2) is 6.55. The lowest BCUT2D eigenvalue weighted by Gasteiger charge is -2.56. The maximum Gasteiger partial charge on any atom is 0.226 e. The Morgan fingerprint density at radius 2 is 1.90 bits per heavy atom. The molecule has 1 aliphatic heterocycles. The van der Waals surface area contributed by atoms with Crippen LogP contribution in [0.25, 0.3) is 5.57 Å². The lowest BCUT2D eigenvalue weighted by molar-refractivity contribution is -0.128. The Hall–Kier alpha value is -1.90. The van der Waals surface area contributed by atoms with E-state index in [0.29, 0.717) is 24.2 Å². The first-order valence-electron chi connectivity index (χ1n) is 11.4. The van der Waals surface area contributed by atoms with Crippen LogP contribution in [-0.4, -0.2) is 22.8 Å². The quantitative estimate of drug-likeness (QED) is 0.610. The zero-order valence-electron chi connectivity index (χ0n) is 18.4. The first-order chi connectivity index (χ1) is 13.8. The molecule has 2 heterocycles. The molecule has 5 atom stereocenters. The summed E-state index contributed by atoms with van der Waals surface area (Å²) in [5, 5.41) is 0. The minimum Gasteiger partial charge on any atom is -0.319 e. The molecule has 0 N–H and O–H groups in total. The Labute approximate surface area is 175 Å². The number of amides is 1. The van der Waals surface area contributed by atoms with Crippen LogP contribution in [0, 0.1) is 35.5 Å². The van der Waals surface area contributed by atoms with Gasteiger partial charge in [0.05, 0.1) is 0 Å². The standard InChI is InChI=1S/C26H34N2O/c1-17-14-18(16-27-15-17)20-8-9-21-19-7-10-23-26(3,12-5-6-24(29)28(23)4)22(19)11-13-25(20,21)2/h8,10,14-16,19,21-22H,5-7,9,11-13H2,1-4H3/t19-,21-,22-,25+,26+/m0/s1. The number of carbonyl (C=O) groups excluding carboxylic acids is 1. The number of hydrogen-bond donors (Lipinski definition) is 0. The molecule has 0 radical (unpaired) electrons. The number of hydrogen-bond acceptors (Lipinski definition) is 2. The molecular formula is C26H34N2O. The van der Waals surface area contributed by atoms with Gasteiger partial charge >= 0.3 is 0 Å². The first kappa shape index (κ1) is 19.1. The predicted octanol–water partition coefficient (Wildman–Crippen LogP) is 5.76. The van der Waals surface area contributed by atoms with Crippen molar-refractivity contribution in [2.45, 2.75) is 65.7 Å². The van der Waals surface area contributed by atoms with Gasteiger partial charge in [-0.15, -0.1) is 0 Å². The molecule has 5 rings (SSSR count). The van der Waals surface area contributed by atoms with Crippen LogP contribution in [0.15, 0.2) is 36.3 Å². The SMILES string of the molecule is Cc1cncc(C2=CC[C@H]3[C@@H]4CC=C5N(C)C(=O)CCC[C@]5(C)[C@H]4CC[C@]23C)c1. The molecule has 3 heteroatoms. The minimum absolute atomic E-state index is 0.152. The van der Waals surface area contributed by atoms with Gasteiger partial charge in [0.15, 0.2) is 0 Å². The van der Waals surface area contributed by atoms with Gasteiger partial charge in [0.25, 0.3) is 0 Å². The van der Waals surface area contributed by atoms with Gasteiger partial charge < -0.3 is 4.90 Å². The molecule has 3 nitrogen and oxygen atoms in total. The van der Waals surface area contributed by atoms with E-state index in [-0.39, 0.29) is 10.8 Å². The Morgan fingerprint density at radius 1 is 1.07 bits per heavy atom. The maximum absolute atomic E-state index is 12.5. The van der Waals surface area contributed by atoms with E-state index in [9.17, 15) is 4.79 Å². The van der Waals surface area contributed by atoms with Gasteiger partial charge in [-0.05, 0) is 91.4 Å². The van der Waals surface area contributed by atoms with E-state index >= 15 is 0 Å². The molecule has 1 saturated carbocycles. The van der Waals surface area contributed by atoms with Gasteiger partial charge in [-0.3, -0.25) is 9.78 Å². The van der Waals surface area contributed by atoms with Gasteiger partial charge in [0, 0.05) is 37.0 Å². The monoisotopic (exact) mass is 390 g/mol. The topological polar surface area (TPSA) is 33.2 Å². The second-order valence-electron chi connectivity index (χ2n) is 10.5. The molecular weight excluding hydrogens is 356 g/mol. The van der Waals surface area contributed by atoms with Crippen molar-refractivity contribution in [1.82, 2.24) is 9.88 Å². The average Bonchev–Trinajstić information content (AvgIpc) is 2.99. The molecule has 1 aromatic rings. The minimum atomic E-state index is 0.152. The third kappa shape index (κ3) is 2.69. The molecule has 4 aliphatic rings. The highest BCUT2D eigenvalue weighted by Crippen LogP contribution is 2.65. The maximum atomic E-state index is 12.5. The zero-order chi connectivity index (χ0) is 20.4. The summed E-state index contributed by atoms with van der Waals surface area (Å²) in [5.41, 5.74) is 5.83. The number of rotatable bonds is 1. The van der Waals surface area contributed by atoms with Crippen LogP contribution < -0.4 is 0 Å². The van der Waals surface area contributed by atoms with Crippen LogP contribution in [-0.2, 0) is 4.79 Å². The van der Waals surface area contributed by atoms with Gasteiger partial charge in [0.1, 0.15) is 0 Å². The van der Waals surface area contributed by atoms with Gasteiger partial charge in [-0.25, -0.2) is 0 Å². The number of allylic oxidation sites excluding steroid dienone is 4. The summed E-state index contributed by atoms with van der Waals surface area (Å²) in [6.45, 7) is 7.11. The van der Waals surface area contributed by atoms with Crippen molar-refractivity contribution >= 4 is 11.5 Å². The van der Waals surface area contributed by atoms with Gasteiger partial charge in [0.2, 0.25) is 5.91 Å². The first-order valence-corrected chi connectivity index (χ1v) is 11.4. The molecule has 0 unspecified atom stereocenters. The van der Waals surface area contributed by atoms with Gasteiger partial charge in [-0.2, -0.15) is 0 Å². The zero-order valence-corrected chi connectivity index (χ0v) is 18.4. The van der Waals surface area contributed by atoms with E-state index in [1.165, 1.54) is 41.7 Å². The third-order valence-corrected chi connectivity index (χ3v) is 9.01. The summed E-state index contributed by atoms with van der Waals surface area (Å²) in [5.74, 6) is 2.42. The van der Waals surface area contributed by atoms with E-state index in [1.807, 2.05) is 18.1 Å². The van der Waals surface area contributed by atoms with Crippen LogP contribution in [0.4, 0.5) is 0 Å². The van der Waals surface area contributed by atoms with Gasteiger partial charge in [-0.1, -0.05) is 26.0 Å². The lowest BCUT2D eigenvalue weighted by atomic mass is 9.49. The number of carbonyl (C=O) groups is 1. The van der Waals surface area contributed by atoms with Crippen molar-refractivity contribution in [2.75, 3.05) is 7.05 Å². The molecule has 1 amide bonds. The number of nitrogens with zero attached hydrogens (tertiary/aromatic N) is 2. The molecule has 1 aromatic heterocycles. The summed E-state index contributed by atoms with van der Waals surface area (Å²) in [4.78, 5) is 19.0. The van der Waals surface area contributed by atoms with Crippen LogP contribution >= 0.6 is 0 Å². The Kier molecular flexibility index (Phi) is 4.31. The molecule has 154 valence electrons. The Bertz CT molecular complexity index is 915. The number of likely N-dealkylation sites (tertiary alicyclic amines) is 1. The average molecular weight is 391 g/mol. The number of fused-ring (bicyclic) bond motifs is 5. The fraction of sp³-hybridized carbons (Fsp3) is 0.615. The normalized spacial score (nSPS) is 39.1. The van der Waals surface area contributed by atoms with Crippen molar-refractivity contribution in [1.29, 1.82) is 0 Å². The van der Waals surface area contributed by atoms with E-state index < -0.39 is 0 Å². The highest BCUT2D eigenvalue weighted by atomic mass is 16.2. The van der Waals surface area contributed by atoms with Crippen LogP contribution in [0.2, 0.25) is 0 Å². The molecule has 2 fully saturated rings. The van der Waals surface area contributed by atoms with Crippen molar-refractivity contribution in [2.24, 2.45) is 28.6 Å². The number of aryl methyl sites for hydroxylation is 1. The molecule has 1 saturated heterocycles. The molecule has 29 heavy (non-hydrogen) atoms. The highest BCUT2D eigenvalue weighted by molar-refractivity contribution is 5.78. The molecule has 0 aromatic carbocycles. The molecule has 3 aliphatic carbocycles. The van der Waals surface area contributed by atoms with E-state index in [4.69, 9.17) is 0 Å². The molecule has 0 spiro atoms. The van der Waals surface area contributed by atoms with Crippen molar-refractivity contribution in [3.63, 3.8) is 0 Å². The summed E-state index contributed by atoms with van der Waals surface area (Å²) in [6.07, 6.45) is 16.7. The predicted molar refractivity (Wildman–Crippen MR) is 117 cm³/mol. The summed E-state index contributed by atoms with van der Waals surface area (Å²) >= 11 is 0. The second-order valence-corrected chi connectivity index (χ2v) is 10.5. The van der Waals surface area contributed by atoms with E-state index in [2.05, 4.69) is 50.2 Å². The fourth-order valence-electron chi connectivity index (χ4n) is 7.54. The van der Waals surface area contributed by atoms with E-state index in [0.717, 1.165) is 25.2 Å². The summed E-state index contributed by atoms with van der Waals surface area (Å²) < 4.78 is 0. The van der Waals surface area contributed by atoms with E-state index in [1.54, 1.807) is 0 Å². The third-order valence-electron chi connectivity index (χ3n) is 9.01. The molecule has 0 bridgehead atoms. The van der Waals surface area contributed by atoms with Crippen molar-refractivity contribution in [3.05, 3.63) is 47.4 Å². The largest absolute Gasteiger partial charge is 0.319 e. The lowest BCUT2D eigenvalue weighted by Crippen LogP contribution is -2.50. The van der Waals surface area contributed by atoms with Crippen molar-refractivity contribution < 1.29 is 4.79 Å². The fourth-order valence-corrected chi connectivity index (χ4v) is 7.54. The number of aromatic nitrogens is 1. The highest BCUT2D eigenvalue weighted by Gasteiger charge is 2.57. The van der Waals surface area contributed by atoms with Crippen molar-refractivity contribution in [3.8, 4) is 0 Å². The van der Waals surface area contributed by atoms with Crippen LogP contribution in [0.1, 0.15) is 69.9 Å². The smallest absolute Gasteiger partial charge is 0.226 e. The summed E-state index contributed by atoms with van der Waals surface area (Å²) in [7, 11) is 2.00. The summed E-state index contributed by atoms with van der Waals surface area (Å²) in [6, 6.07) is 2.31. The Balaban J connectivity index is 1.50. The van der Waals surface area contributed by atoms with Crippen LogP contribution in [0.5, 0.6) is 0 Å².